The molecule has 0 aromatic carbocycles. The summed E-state index contributed by atoms with van der Waals surface area (Å²) in [4.78, 5) is 1.95. The zero-order valence-corrected chi connectivity index (χ0v) is 9.58. The number of anilines is 1. The van der Waals surface area contributed by atoms with Crippen LogP contribution in [0.2, 0.25) is 0 Å². The van der Waals surface area contributed by atoms with Crippen LogP contribution >= 0.6 is 11.6 Å². The predicted molar refractivity (Wildman–Crippen MR) is 56.6 cm³/mol. The van der Waals surface area contributed by atoms with Crippen molar-refractivity contribution in [2.45, 2.75) is 26.1 Å². The van der Waals surface area contributed by atoms with Crippen molar-refractivity contribution in [2.24, 2.45) is 5.92 Å². The van der Waals surface area contributed by atoms with E-state index in [9.17, 15) is 0 Å². The van der Waals surface area contributed by atoms with Gasteiger partial charge in [-0.05, 0) is 12.3 Å². The van der Waals surface area contributed by atoms with Crippen molar-refractivity contribution in [2.75, 3.05) is 18.5 Å². The van der Waals surface area contributed by atoms with Crippen LogP contribution in [-0.2, 0) is 5.88 Å². The molecule has 0 unspecified atom stereocenters. The molecule has 0 saturated carbocycles. The van der Waals surface area contributed by atoms with Crippen molar-refractivity contribution in [3.05, 3.63) is 5.89 Å². The predicted octanol–water partition coefficient (Wildman–Crippen LogP) is 2.29. The fraction of sp³-hybridized carbons (Fsp3) is 0.778. The molecule has 0 fully saturated rings. The average molecular weight is 218 g/mol. The fourth-order valence-corrected chi connectivity index (χ4v) is 1.11. The first kappa shape index (κ1) is 11.3. The molecule has 0 spiro atoms. The molecule has 0 radical (unpaired) electrons. The summed E-state index contributed by atoms with van der Waals surface area (Å²) in [7, 11) is 1.94. The van der Waals surface area contributed by atoms with E-state index in [1.165, 1.54) is 0 Å². The monoisotopic (exact) mass is 217 g/mol. The molecule has 1 heterocycles. The van der Waals surface area contributed by atoms with Gasteiger partial charge in [0.05, 0.1) is 0 Å². The normalized spacial score (nSPS) is 10.9. The van der Waals surface area contributed by atoms with Crippen LogP contribution in [0.5, 0.6) is 0 Å². The Morgan fingerprint density at radius 1 is 1.43 bits per heavy atom. The van der Waals surface area contributed by atoms with E-state index in [-0.39, 0.29) is 5.88 Å². The lowest BCUT2D eigenvalue weighted by atomic mass is 10.1. The second-order valence-corrected chi connectivity index (χ2v) is 3.98. The molecule has 0 saturated heterocycles. The van der Waals surface area contributed by atoms with Crippen LogP contribution in [0.4, 0.5) is 6.01 Å². The molecule has 1 aromatic rings. The molecule has 1 rings (SSSR count). The highest BCUT2D eigenvalue weighted by Gasteiger charge is 2.09. The van der Waals surface area contributed by atoms with Crippen LogP contribution < -0.4 is 4.90 Å². The minimum Gasteiger partial charge on any atom is -0.407 e. The van der Waals surface area contributed by atoms with Crippen molar-refractivity contribution in [3.63, 3.8) is 0 Å². The van der Waals surface area contributed by atoms with Crippen LogP contribution in [0.15, 0.2) is 4.42 Å². The Bertz CT molecular complexity index is 275. The molecule has 0 atom stereocenters. The van der Waals surface area contributed by atoms with Crippen molar-refractivity contribution in [3.8, 4) is 0 Å². The largest absolute Gasteiger partial charge is 0.407 e. The lowest BCUT2D eigenvalue weighted by Gasteiger charge is -2.14. The van der Waals surface area contributed by atoms with Crippen molar-refractivity contribution in [1.29, 1.82) is 0 Å². The van der Waals surface area contributed by atoms with Gasteiger partial charge in [0.15, 0.2) is 0 Å². The highest BCUT2D eigenvalue weighted by molar-refractivity contribution is 6.16. The summed E-state index contributed by atoms with van der Waals surface area (Å²) >= 11 is 5.56. The third-order valence-corrected chi connectivity index (χ3v) is 2.17. The van der Waals surface area contributed by atoms with E-state index in [4.69, 9.17) is 16.0 Å². The van der Waals surface area contributed by atoms with Gasteiger partial charge < -0.3 is 9.32 Å². The van der Waals surface area contributed by atoms with Gasteiger partial charge in [-0.2, -0.15) is 0 Å². The highest BCUT2D eigenvalue weighted by Crippen LogP contribution is 2.13. The lowest BCUT2D eigenvalue weighted by molar-refractivity contribution is 0.495. The van der Waals surface area contributed by atoms with Gasteiger partial charge in [-0.15, -0.1) is 16.7 Å². The number of hydrogen-bond acceptors (Lipinski definition) is 4. The van der Waals surface area contributed by atoms with Gasteiger partial charge in [0, 0.05) is 13.6 Å². The SMILES string of the molecule is CC(C)CCN(C)c1nnc(CCl)o1. The standard InChI is InChI=1S/C9H16ClN3O/c1-7(2)4-5-13(3)9-12-11-8(6-10)14-9/h7H,4-6H2,1-3H3. The van der Waals surface area contributed by atoms with E-state index >= 15 is 0 Å². The molecule has 0 aliphatic heterocycles. The molecule has 0 bridgehead atoms. The van der Waals surface area contributed by atoms with Crippen LogP contribution in [0.25, 0.3) is 0 Å². The molecular formula is C9H16ClN3O. The van der Waals surface area contributed by atoms with Crippen LogP contribution in [0, 0.1) is 5.92 Å². The van der Waals surface area contributed by atoms with Gasteiger partial charge in [-0.3, -0.25) is 0 Å². The van der Waals surface area contributed by atoms with Crippen molar-refractivity contribution in [1.82, 2.24) is 10.2 Å². The van der Waals surface area contributed by atoms with Crippen molar-refractivity contribution < 1.29 is 4.42 Å². The number of aromatic nitrogens is 2. The Morgan fingerprint density at radius 2 is 2.14 bits per heavy atom. The Morgan fingerprint density at radius 3 is 2.64 bits per heavy atom. The minimum absolute atomic E-state index is 0.269. The molecule has 0 aliphatic rings. The fourth-order valence-electron chi connectivity index (χ4n) is 1.00. The number of halogens is 1. The summed E-state index contributed by atoms with van der Waals surface area (Å²) < 4.78 is 5.30. The van der Waals surface area contributed by atoms with Gasteiger partial charge in [-0.25, -0.2) is 0 Å². The number of nitrogens with zero attached hydrogens (tertiary/aromatic N) is 3. The molecule has 5 heteroatoms. The van der Waals surface area contributed by atoms with E-state index in [1.807, 2.05) is 11.9 Å². The molecule has 14 heavy (non-hydrogen) atoms. The molecular weight excluding hydrogens is 202 g/mol. The molecule has 0 aliphatic carbocycles. The van der Waals surface area contributed by atoms with Crippen molar-refractivity contribution >= 4 is 17.6 Å². The molecule has 4 nitrogen and oxygen atoms in total. The Hall–Kier alpha value is -0.770. The number of alkyl halides is 1. The average Bonchev–Trinajstić information content (AvgIpc) is 2.62. The number of rotatable bonds is 5. The van der Waals surface area contributed by atoms with E-state index < -0.39 is 0 Å². The Kier molecular flexibility index (Phi) is 4.20. The lowest BCUT2D eigenvalue weighted by Crippen LogP contribution is -2.20. The van der Waals surface area contributed by atoms with Gasteiger partial charge >= 0.3 is 6.01 Å². The smallest absolute Gasteiger partial charge is 0.317 e. The molecule has 1 aromatic heterocycles. The maximum Gasteiger partial charge on any atom is 0.317 e. The van der Waals surface area contributed by atoms with E-state index in [0.717, 1.165) is 13.0 Å². The van der Waals surface area contributed by atoms with Gasteiger partial charge in [0.2, 0.25) is 5.89 Å². The maximum absolute atomic E-state index is 5.56. The summed E-state index contributed by atoms with van der Waals surface area (Å²) in [6, 6.07) is 0.543. The van der Waals surface area contributed by atoms with Gasteiger partial charge in [0.1, 0.15) is 5.88 Å². The van der Waals surface area contributed by atoms with Crippen LogP contribution in [0.3, 0.4) is 0 Å². The first-order chi connectivity index (χ1) is 6.63. The summed E-state index contributed by atoms with van der Waals surface area (Å²) in [5.74, 6) is 1.41. The summed E-state index contributed by atoms with van der Waals surface area (Å²) in [6.45, 7) is 5.29. The van der Waals surface area contributed by atoms with Crippen LogP contribution in [0.1, 0.15) is 26.2 Å². The van der Waals surface area contributed by atoms with Crippen LogP contribution in [-0.4, -0.2) is 23.8 Å². The quantitative estimate of drug-likeness (QED) is 0.710. The Labute approximate surface area is 89.3 Å². The zero-order valence-electron chi connectivity index (χ0n) is 8.83. The number of hydrogen-bond donors (Lipinski definition) is 0. The first-order valence-electron chi connectivity index (χ1n) is 4.73. The second-order valence-electron chi connectivity index (χ2n) is 3.72. The second kappa shape index (κ2) is 5.20. The van der Waals surface area contributed by atoms with E-state index in [1.54, 1.807) is 0 Å². The topological polar surface area (TPSA) is 42.2 Å². The van der Waals surface area contributed by atoms with Gasteiger partial charge in [0.25, 0.3) is 0 Å². The summed E-state index contributed by atoms with van der Waals surface area (Å²) in [6.07, 6.45) is 1.11. The summed E-state index contributed by atoms with van der Waals surface area (Å²) in [5, 5.41) is 7.68. The van der Waals surface area contributed by atoms with E-state index in [0.29, 0.717) is 17.8 Å². The Balaban J connectivity index is 2.47. The molecule has 80 valence electrons. The van der Waals surface area contributed by atoms with Gasteiger partial charge in [-0.1, -0.05) is 18.9 Å². The zero-order chi connectivity index (χ0) is 10.6. The third-order valence-electron chi connectivity index (χ3n) is 1.94. The first-order valence-corrected chi connectivity index (χ1v) is 5.26. The maximum atomic E-state index is 5.56. The summed E-state index contributed by atoms with van der Waals surface area (Å²) in [5.41, 5.74) is 0. The third kappa shape index (κ3) is 3.18. The van der Waals surface area contributed by atoms with E-state index in [2.05, 4.69) is 24.0 Å². The molecule has 0 amide bonds. The highest BCUT2D eigenvalue weighted by atomic mass is 35.5. The molecule has 0 N–H and O–H groups in total. The minimum atomic E-state index is 0.269.